The first-order chi connectivity index (χ1) is 20.0. The van der Waals surface area contributed by atoms with Crippen molar-refractivity contribution in [3.05, 3.63) is 71.7 Å². The molecule has 224 valence electrons. The number of ether oxygens (including phenoxy) is 1. The van der Waals surface area contributed by atoms with Crippen LogP contribution < -0.4 is 10.1 Å². The summed E-state index contributed by atoms with van der Waals surface area (Å²) in [5.74, 6) is 1.44. The molecule has 0 unspecified atom stereocenters. The minimum absolute atomic E-state index is 0.180. The van der Waals surface area contributed by atoms with E-state index in [1.807, 2.05) is 54.1 Å². The molecule has 0 bridgehead atoms. The van der Waals surface area contributed by atoms with Gasteiger partial charge in [-0.3, -0.25) is 0 Å². The van der Waals surface area contributed by atoms with Gasteiger partial charge in [0.05, 0.1) is 19.0 Å². The van der Waals surface area contributed by atoms with Gasteiger partial charge in [0.15, 0.2) is 19.8 Å². The third kappa shape index (κ3) is 6.39. The number of fused-ring (bicyclic) bond motifs is 1. The fraction of sp³-hybridized carbons (Fsp3) is 0.471. The Labute approximate surface area is 250 Å². The van der Waals surface area contributed by atoms with Crippen molar-refractivity contribution in [1.82, 2.24) is 14.8 Å². The summed E-state index contributed by atoms with van der Waals surface area (Å²) >= 11 is 0. The lowest BCUT2D eigenvalue weighted by molar-refractivity contribution is 0.133. The molecule has 8 heteroatoms. The van der Waals surface area contributed by atoms with Crippen molar-refractivity contribution in [1.29, 1.82) is 0 Å². The second-order valence-corrected chi connectivity index (χ2v) is 17.8. The van der Waals surface area contributed by atoms with Crippen LogP contribution in [0, 0.1) is 5.82 Å². The topological polar surface area (TPSA) is 61.2 Å². The van der Waals surface area contributed by atoms with E-state index in [1.54, 1.807) is 19.4 Å². The van der Waals surface area contributed by atoms with E-state index in [-0.39, 0.29) is 16.9 Å². The van der Waals surface area contributed by atoms with Crippen molar-refractivity contribution in [2.75, 3.05) is 12.4 Å². The first-order valence-corrected chi connectivity index (χ1v) is 18.1. The summed E-state index contributed by atoms with van der Waals surface area (Å²) in [7, 11) is -0.135. The monoisotopic (exact) mass is 588 g/mol. The molecule has 1 saturated carbocycles. The highest BCUT2D eigenvalue weighted by atomic mass is 28.4. The molecular weight excluding hydrogens is 543 g/mol. The van der Waals surface area contributed by atoms with Crippen LogP contribution in [-0.2, 0) is 17.4 Å². The maximum Gasteiger partial charge on any atom is 0.192 e. The smallest absolute Gasteiger partial charge is 0.192 e. The van der Waals surface area contributed by atoms with Gasteiger partial charge in [0.1, 0.15) is 11.6 Å². The third-order valence-electron chi connectivity index (χ3n) is 9.15. The van der Waals surface area contributed by atoms with Crippen molar-refractivity contribution in [2.24, 2.45) is 0 Å². The van der Waals surface area contributed by atoms with Crippen LogP contribution in [-0.4, -0.2) is 42.3 Å². The summed E-state index contributed by atoms with van der Waals surface area (Å²) in [6.45, 7) is 14.1. The molecule has 42 heavy (non-hydrogen) atoms. The molecule has 5 rings (SSSR count). The number of anilines is 1. The Balaban J connectivity index is 1.45. The van der Waals surface area contributed by atoms with Gasteiger partial charge in [0, 0.05) is 18.3 Å². The number of benzene rings is 2. The molecule has 1 fully saturated rings. The van der Waals surface area contributed by atoms with Gasteiger partial charge >= 0.3 is 0 Å². The Kier molecular flexibility index (Phi) is 8.76. The van der Waals surface area contributed by atoms with Crippen molar-refractivity contribution in [3.63, 3.8) is 0 Å². The number of hydrogen-bond donors (Lipinski definition) is 1. The van der Waals surface area contributed by atoms with Gasteiger partial charge in [-0.25, -0.2) is 14.1 Å². The van der Waals surface area contributed by atoms with Crippen LogP contribution in [0.2, 0.25) is 18.1 Å². The van der Waals surface area contributed by atoms with E-state index in [1.165, 1.54) is 0 Å². The number of halogens is 1. The Morgan fingerprint density at radius 1 is 1.02 bits per heavy atom. The van der Waals surface area contributed by atoms with Crippen molar-refractivity contribution in [2.45, 2.75) is 96.6 Å². The highest BCUT2D eigenvalue weighted by Crippen LogP contribution is 2.40. The normalized spacial score (nSPS) is 17.9. The maximum absolute atomic E-state index is 14.9. The molecule has 0 atom stereocenters. The zero-order valence-electron chi connectivity index (χ0n) is 26.1. The first-order valence-electron chi connectivity index (χ1n) is 15.2. The van der Waals surface area contributed by atoms with Gasteiger partial charge in [-0.2, -0.15) is 5.10 Å². The highest BCUT2D eigenvalue weighted by Gasteiger charge is 2.40. The molecule has 0 spiro atoms. The number of nitrogens with zero attached hydrogens (tertiary/aromatic N) is 3. The lowest BCUT2D eigenvalue weighted by Crippen LogP contribution is -2.45. The molecule has 1 aliphatic rings. The number of aromatic nitrogens is 3. The zero-order valence-corrected chi connectivity index (χ0v) is 27.1. The summed E-state index contributed by atoms with van der Waals surface area (Å²) < 4.78 is 29.0. The Hall–Kier alpha value is -3.23. The number of pyridine rings is 1. The molecule has 0 aliphatic heterocycles. The van der Waals surface area contributed by atoms with Crippen LogP contribution in [0.3, 0.4) is 0 Å². The Bertz CT molecular complexity index is 1520. The molecule has 1 aliphatic carbocycles. The van der Waals surface area contributed by atoms with Crippen molar-refractivity contribution < 1.29 is 13.6 Å². The van der Waals surface area contributed by atoms with E-state index in [0.717, 1.165) is 65.0 Å². The number of methoxy groups -OCH3 is 1. The second kappa shape index (κ2) is 12.2. The standard InChI is InChI=1S/C34H45FN4O2Si/c1-8-24-11-12-25(21-30(24)35)29-19-20-36-33-31(29)32(38-39(33)22-23-9-15-27(40-5)16-10-23)37-26-13-17-28(18-14-26)41-42(6,7)34(2,3)4/h9-12,15-16,19-21,26,28H,8,13-14,17-18,22H2,1-7H3,(H,37,38). The zero-order chi connectivity index (χ0) is 30.1. The fourth-order valence-electron chi connectivity index (χ4n) is 5.57. The summed E-state index contributed by atoms with van der Waals surface area (Å²) in [5, 5.41) is 9.98. The maximum atomic E-state index is 14.9. The van der Waals surface area contributed by atoms with Crippen molar-refractivity contribution >= 4 is 25.2 Å². The van der Waals surface area contributed by atoms with Gasteiger partial charge in [-0.1, -0.05) is 52.0 Å². The van der Waals surface area contributed by atoms with E-state index in [4.69, 9.17) is 19.2 Å². The van der Waals surface area contributed by atoms with Gasteiger partial charge < -0.3 is 14.5 Å². The summed E-state index contributed by atoms with van der Waals surface area (Å²) in [6.07, 6.45) is 6.86. The van der Waals surface area contributed by atoms with Crippen LogP contribution in [0.1, 0.15) is 64.5 Å². The average Bonchev–Trinajstić information content (AvgIpc) is 3.30. The molecule has 2 heterocycles. The number of aryl methyl sites for hydroxylation is 1. The van der Waals surface area contributed by atoms with E-state index in [0.29, 0.717) is 24.6 Å². The number of hydrogen-bond acceptors (Lipinski definition) is 5. The van der Waals surface area contributed by atoms with Gasteiger partial charge in [-0.05, 0) is 96.8 Å². The first kappa shape index (κ1) is 30.2. The molecule has 6 nitrogen and oxygen atoms in total. The van der Waals surface area contributed by atoms with Crippen LogP contribution in [0.4, 0.5) is 10.2 Å². The lowest BCUT2D eigenvalue weighted by Gasteiger charge is -2.41. The van der Waals surface area contributed by atoms with Crippen LogP contribution in [0.5, 0.6) is 5.75 Å². The Morgan fingerprint density at radius 3 is 2.36 bits per heavy atom. The Morgan fingerprint density at radius 2 is 1.74 bits per heavy atom. The molecule has 1 N–H and O–H groups in total. The molecule has 0 amide bonds. The molecular formula is C34H45FN4O2Si. The average molecular weight is 589 g/mol. The minimum atomic E-state index is -1.80. The van der Waals surface area contributed by atoms with Gasteiger partial charge in [-0.15, -0.1) is 0 Å². The van der Waals surface area contributed by atoms with Crippen LogP contribution >= 0.6 is 0 Å². The lowest BCUT2D eigenvalue weighted by atomic mass is 9.93. The quantitative estimate of drug-likeness (QED) is 0.198. The second-order valence-electron chi connectivity index (χ2n) is 13.1. The van der Waals surface area contributed by atoms with E-state index in [9.17, 15) is 4.39 Å². The van der Waals surface area contributed by atoms with Gasteiger partial charge in [0.2, 0.25) is 0 Å². The molecule has 0 saturated heterocycles. The molecule has 2 aromatic carbocycles. The number of nitrogens with one attached hydrogen (secondary N) is 1. The van der Waals surface area contributed by atoms with Crippen molar-refractivity contribution in [3.8, 4) is 16.9 Å². The molecule has 2 aromatic heterocycles. The SMILES string of the molecule is CCc1ccc(-c2ccnc3c2c(NC2CCC(O[Si](C)(C)C(C)(C)C)CC2)nn3Cc2ccc(OC)cc2)cc1F. The molecule has 0 radical (unpaired) electrons. The van der Waals surface area contributed by atoms with Crippen LogP contribution in [0.25, 0.3) is 22.2 Å². The summed E-state index contributed by atoms with van der Waals surface area (Å²) in [6, 6.07) is 15.8. The molecule has 4 aromatic rings. The van der Waals surface area contributed by atoms with E-state index >= 15 is 0 Å². The third-order valence-corrected chi connectivity index (χ3v) is 13.7. The van der Waals surface area contributed by atoms with Crippen LogP contribution in [0.15, 0.2) is 54.7 Å². The largest absolute Gasteiger partial charge is 0.497 e. The predicted molar refractivity (Wildman–Crippen MR) is 172 cm³/mol. The summed E-state index contributed by atoms with van der Waals surface area (Å²) in [5.41, 5.74) is 4.35. The predicted octanol–water partition coefficient (Wildman–Crippen LogP) is 8.60. The fourth-order valence-corrected chi connectivity index (χ4v) is 6.99. The number of rotatable bonds is 9. The van der Waals surface area contributed by atoms with E-state index in [2.05, 4.69) is 39.2 Å². The summed E-state index contributed by atoms with van der Waals surface area (Å²) in [4.78, 5) is 4.77. The highest BCUT2D eigenvalue weighted by molar-refractivity contribution is 6.74. The van der Waals surface area contributed by atoms with E-state index < -0.39 is 8.32 Å². The van der Waals surface area contributed by atoms with Gasteiger partial charge in [0.25, 0.3) is 0 Å². The minimum Gasteiger partial charge on any atom is -0.497 e.